The zero-order valence-electron chi connectivity index (χ0n) is 62.3. The summed E-state index contributed by atoms with van der Waals surface area (Å²) in [7, 11) is 0. The van der Waals surface area contributed by atoms with Crippen molar-refractivity contribution < 1.29 is 92.2 Å². The Hall–Kier alpha value is -1.47. The zero-order valence-corrected chi connectivity index (χ0v) is 62.3. The van der Waals surface area contributed by atoms with E-state index in [0.717, 1.165) is 58.3 Å². The average molecular weight is 1380 g/mol. The number of halogens is 21. The SMILES string of the molecule is CC.CC(C)(C(F)(F)F)C(F)(F)F.CC(C)C(F)(F)F.CC1(F)CC1.CCC.CCC(C)(C(F)(F)F)C(F)(F)F.CCC(C)(C)C.CCC(C)(C)C.CCC(C)(F)F.CCC(C)C(F)(F)F.CCC1CCC(C)(C)CC1.CCC1CCCC1.CCC1CCCCC1. The summed E-state index contributed by atoms with van der Waals surface area (Å²) in [6, 6.07) is 0. The summed E-state index contributed by atoms with van der Waals surface area (Å²) >= 11 is 0. The quantitative estimate of drug-likeness (QED) is 0.233. The standard InChI is InChI=1S/C10H20.C8H16.C7H14.C6H8F6.2C6H14.C5H6F6.C5H9F3.C4H7F3.C4H8F2.C4H7F.C3H8.C2H6/c1-4-9-5-7-10(2,3)8-6-9;1-2-8-6-4-3-5-7-8;1-2-7-5-3-4-6-7;1-3-4(2,5(7,8)9)6(10,11)12;2*1-5-6(2,3)4;1-3(2,4(6,7)8)5(9,10)11;1-3-4(2)5(6,7)8;1-3(2)4(5,6)7;1-3-4(2,5)6;1-4(5)2-3-4;1-3-2;1-2/h9H,4-8H2,1-3H3;8H,2-7H2,1H3;7H,2-6H2,1H3;3H2,1-2H3;2*5H2,1-4H3;1-2H3;4H,3H2,1-2H3;3H,1-2H3;3H2,1-2H3;2-3H2,1H3;3H2,1-2H3;1-2H3. The lowest BCUT2D eigenvalue weighted by Gasteiger charge is -2.33. The van der Waals surface area contributed by atoms with Crippen molar-refractivity contribution in [3.63, 3.8) is 0 Å². The molecule has 0 nitrogen and oxygen atoms in total. The van der Waals surface area contributed by atoms with Crippen LogP contribution in [-0.2, 0) is 0 Å². The summed E-state index contributed by atoms with van der Waals surface area (Å²) in [5.74, 6) is -1.58. The molecule has 21 heteroatoms. The second kappa shape index (κ2) is 50.8. The molecule has 0 spiro atoms. The normalized spacial score (nSPS) is 17.3. The van der Waals surface area contributed by atoms with Crippen LogP contribution in [-0.4, -0.2) is 48.6 Å². The van der Waals surface area contributed by atoms with Crippen molar-refractivity contribution in [2.75, 3.05) is 0 Å². The molecule has 4 aliphatic carbocycles. The average Bonchev–Trinajstić information content (AvgIpc) is 1.82. The van der Waals surface area contributed by atoms with Crippen LogP contribution < -0.4 is 0 Å². The van der Waals surface area contributed by atoms with E-state index < -0.39 is 77.7 Å². The first-order valence-corrected chi connectivity index (χ1v) is 33.8. The topological polar surface area (TPSA) is 0 Å². The molecule has 0 amide bonds. The first-order chi connectivity index (χ1) is 40.3. The third kappa shape index (κ3) is 68.3. The van der Waals surface area contributed by atoms with Crippen LogP contribution in [0.25, 0.3) is 0 Å². The van der Waals surface area contributed by atoms with Gasteiger partial charge in [-0.25, -0.2) is 13.2 Å². The van der Waals surface area contributed by atoms with Crippen molar-refractivity contribution >= 4 is 0 Å². The maximum atomic E-state index is 11.9. The predicted octanol–water partition coefficient (Wildman–Crippen LogP) is 31.5. The van der Waals surface area contributed by atoms with Crippen LogP contribution in [0.3, 0.4) is 0 Å². The van der Waals surface area contributed by atoms with E-state index in [4.69, 9.17) is 0 Å². The van der Waals surface area contributed by atoms with Gasteiger partial charge in [0.2, 0.25) is 5.92 Å². The lowest BCUT2D eigenvalue weighted by molar-refractivity contribution is -0.335. The van der Waals surface area contributed by atoms with E-state index in [9.17, 15) is 92.2 Å². The number of rotatable bonds is 6. The van der Waals surface area contributed by atoms with Crippen molar-refractivity contribution in [2.45, 2.75) is 397 Å². The Kier molecular flexibility index (Phi) is 60.4. The maximum absolute atomic E-state index is 11.9. The summed E-state index contributed by atoms with van der Waals surface area (Å²) in [6.45, 7) is 48.1. The fourth-order valence-corrected chi connectivity index (χ4v) is 6.01. The minimum Gasteiger partial charge on any atom is -0.244 e. The minimum atomic E-state index is -5.24. The molecule has 0 N–H and O–H groups in total. The van der Waals surface area contributed by atoms with Gasteiger partial charge in [-0.1, -0.05) is 256 Å². The van der Waals surface area contributed by atoms with Gasteiger partial charge in [0.1, 0.15) is 5.67 Å². The van der Waals surface area contributed by atoms with Crippen molar-refractivity contribution in [2.24, 2.45) is 56.7 Å². The van der Waals surface area contributed by atoms with Gasteiger partial charge >= 0.3 is 37.1 Å². The van der Waals surface area contributed by atoms with Crippen LogP contribution in [0.15, 0.2) is 0 Å². The van der Waals surface area contributed by atoms with Crippen LogP contribution in [0.1, 0.15) is 348 Å². The Morgan fingerprint density at radius 3 is 0.670 bits per heavy atom. The van der Waals surface area contributed by atoms with E-state index in [1.165, 1.54) is 143 Å². The molecule has 4 rings (SSSR count). The van der Waals surface area contributed by atoms with Crippen LogP contribution in [0.5, 0.6) is 0 Å². The second-order valence-electron chi connectivity index (χ2n) is 28.7. The van der Waals surface area contributed by atoms with E-state index in [2.05, 4.69) is 104 Å². The van der Waals surface area contributed by atoms with Gasteiger partial charge in [-0.05, 0) is 120 Å². The fourth-order valence-electron chi connectivity index (χ4n) is 6.01. The molecule has 0 saturated heterocycles. The zero-order chi connectivity index (χ0) is 75.4. The number of hydrogen-bond acceptors (Lipinski definition) is 0. The Bertz CT molecular complexity index is 1490. The van der Waals surface area contributed by atoms with Crippen LogP contribution in [0.2, 0.25) is 0 Å². The first kappa shape index (κ1) is 108. The van der Waals surface area contributed by atoms with Crippen molar-refractivity contribution in [3.05, 3.63) is 0 Å². The fraction of sp³-hybridized carbons (Fsp3) is 1.00. The van der Waals surface area contributed by atoms with Crippen LogP contribution >= 0.6 is 0 Å². The molecule has 0 heterocycles. The smallest absolute Gasteiger partial charge is 0.244 e. The van der Waals surface area contributed by atoms with Crippen LogP contribution in [0, 0.1) is 56.7 Å². The van der Waals surface area contributed by atoms with Crippen molar-refractivity contribution in [1.29, 1.82) is 0 Å². The molecule has 0 aromatic carbocycles. The summed E-state index contributed by atoms with van der Waals surface area (Å²) in [5, 5.41) is 0. The number of hydrogen-bond donors (Lipinski definition) is 0. The predicted molar refractivity (Wildman–Crippen MR) is 344 cm³/mol. The molecule has 91 heavy (non-hydrogen) atoms. The molecule has 0 aromatic heterocycles. The molecule has 0 bridgehead atoms. The summed E-state index contributed by atoms with van der Waals surface area (Å²) in [4.78, 5) is 0. The van der Waals surface area contributed by atoms with E-state index in [1.807, 2.05) is 13.8 Å². The van der Waals surface area contributed by atoms with Gasteiger partial charge in [0.05, 0.1) is 5.92 Å². The Morgan fingerprint density at radius 2 is 0.582 bits per heavy atom. The van der Waals surface area contributed by atoms with E-state index in [0.29, 0.717) is 16.2 Å². The minimum absolute atomic E-state index is 0.0625. The molecule has 0 aromatic rings. The van der Waals surface area contributed by atoms with Gasteiger partial charge in [0, 0.05) is 12.3 Å². The first-order valence-electron chi connectivity index (χ1n) is 33.8. The van der Waals surface area contributed by atoms with E-state index >= 15 is 0 Å². The van der Waals surface area contributed by atoms with Gasteiger partial charge in [-0.3, -0.25) is 0 Å². The van der Waals surface area contributed by atoms with Crippen molar-refractivity contribution in [3.8, 4) is 0 Å². The Morgan fingerprint density at radius 1 is 0.363 bits per heavy atom. The van der Waals surface area contributed by atoms with Gasteiger partial charge in [-0.15, -0.1) is 0 Å². The summed E-state index contributed by atoms with van der Waals surface area (Å²) in [6.07, 6.45) is -0.869. The largest absolute Gasteiger partial charge is 0.402 e. The number of alkyl halides is 21. The molecule has 0 radical (unpaired) electrons. The molecular weight excluding hydrogens is 1240 g/mol. The maximum Gasteiger partial charge on any atom is 0.402 e. The molecule has 4 saturated carbocycles. The lowest BCUT2D eigenvalue weighted by atomic mass is 9.72. The molecule has 4 aliphatic rings. The molecular formula is C70H137F21. The Balaban J connectivity index is -0.000000116. The molecule has 564 valence electrons. The highest BCUT2D eigenvalue weighted by atomic mass is 19.4. The van der Waals surface area contributed by atoms with Gasteiger partial charge in [0.15, 0.2) is 10.8 Å². The summed E-state index contributed by atoms with van der Waals surface area (Å²) < 4.78 is 244. The van der Waals surface area contributed by atoms with Gasteiger partial charge < -0.3 is 0 Å². The summed E-state index contributed by atoms with van der Waals surface area (Å²) in [5.41, 5.74) is -6.22. The third-order valence-electron chi connectivity index (χ3n) is 16.3. The Labute approximate surface area is 543 Å². The molecule has 4 fully saturated rings. The van der Waals surface area contributed by atoms with Gasteiger partial charge in [0.25, 0.3) is 0 Å². The second-order valence-corrected chi connectivity index (χ2v) is 28.7. The highest BCUT2D eigenvalue weighted by molar-refractivity contribution is 4.89. The van der Waals surface area contributed by atoms with Crippen LogP contribution in [0.4, 0.5) is 92.2 Å². The molecule has 0 aliphatic heterocycles. The highest BCUT2D eigenvalue weighted by Crippen LogP contribution is 2.52. The highest BCUT2D eigenvalue weighted by Gasteiger charge is 2.66. The lowest BCUT2D eigenvalue weighted by Crippen LogP contribution is -2.47. The van der Waals surface area contributed by atoms with Gasteiger partial charge in [-0.2, -0.15) is 79.0 Å². The molecule has 1 unspecified atom stereocenters. The van der Waals surface area contributed by atoms with E-state index in [-0.39, 0.29) is 33.6 Å². The van der Waals surface area contributed by atoms with E-state index in [1.54, 1.807) is 6.92 Å². The molecule has 1 atom stereocenters. The monoisotopic (exact) mass is 1380 g/mol. The van der Waals surface area contributed by atoms with Crippen molar-refractivity contribution in [1.82, 2.24) is 0 Å². The third-order valence-corrected chi connectivity index (χ3v) is 16.3.